The molecule has 2 aromatic heterocycles. The number of hydroxylamine groups is 2. The third-order valence-electron chi connectivity index (χ3n) is 8.68. The summed E-state index contributed by atoms with van der Waals surface area (Å²) < 4.78 is 10.2. The molecule has 0 amide bonds. The highest BCUT2D eigenvalue weighted by molar-refractivity contribution is 6.99. The van der Waals surface area contributed by atoms with Crippen LogP contribution in [0.3, 0.4) is 0 Å². The minimum atomic E-state index is -0.868. The van der Waals surface area contributed by atoms with Crippen molar-refractivity contribution in [3.63, 3.8) is 0 Å². The van der Waals surface area contributed by atoms with Crippen LogP contribution in [0.1, 0.15) is 51.8 Å². The lowest BCUT2D eigenvalue weighted by Gasteiger charge is -2.36. The Morgan fingerprint density at radius 2 is 1.30 bits per heavy atom. The fraction of sp³-hybridized carbons (Fsp3) is 0.150. The van der Waals surface area contributed by atoms with Gasteiger partial charge >= 0.3 is 5.97 Å². The van der Waals surface area contributed by atoms with Crippen molar-refractivity contribution in [2.45, 2.75) is 32.4 Å². The number of carbonyl (C=O) groups is 1. The van der Waals surface area contributed by atoms with Crippen molar-refractivity contribution in [3.05, 3.63) is 173 Å². The number of aryl methyl sites for hydroxylation is 1. The summed E-state index contributed by atoms with van der Waals surface area (Å²) in [6.45, 7) is 4.82. The molecule has 0 radical (unpaired) electrons. The van der Waals surface area contributed by atoms with Crippen LogP contribution in [-0.4, -0.2) is 46.5 Å². The van der Waals surface area contributed by atoms with Crippen molar-refractivity contribution < 1.29 is 9.63 Å². The maximum atomic E-state index is 12.8. The quantitative estimate of drug-likeness (QED) is 0.0948. The number of aromatic nitrogens is 6. The molecule has 9 nitrogen and oxygen atoms in total. The van der Waals surface area contributed by atoms with E-state index in [1.165, 1.54) is 0 Å². The van der Waals surface area contributed by atoms with Gasteiger partial charge in [-0.3, -0.25) is 0 Å². The lowest BCUT2D eigenvalue weighted by molar-refractivity contribution is -0.117. The molecule has 0 saturated heterocycles. The van der Waals surface area contributed by atoms with Crippen LogP contribution < -0.4 is 0 Å². The smallest absolute Gasteiger partial charge is 0.362 e. The van der Waals surface area contributed by atoms with Gasteiger partial charge in [0.15, 0.2) is 11.5 Å². The highest BCUT2D eigenvalue weighted by Gasteiger charge is 2.42. The first-order valence-corrected chi connectivity index (χ1v) is 17.2. The average molecular weight is 678 g/mol. The molecule has 0 bridgehead atoms. The van der Waals surface area contributed by atoms with Gasteiger partial charge in [0.2, 0.25) is 0 Å². The molecule has 0 N–H and O–H groups in total. The lowest BCUT2D eigenvalue weighted by atomic mass is 9.77. The molecule has 0 spiro atoms. The third kappa shape index (κ3) is 6.34. The van der Waals surface area contributed by atoms with E-state index in [4.69, 9.17) is 10.1 Å². The first kappa shape index (κ1) is 32.7. The number of hydrogen-bond donors (Lipinski definition) is 0. The number of rotatable bonds is 12. The zero-order valence-corrected chi connectivity index (χ0v) is 28.6. The first-order valence-electron chi connectivity index (χ1n) is 16.5. The van der Waals surface area contributed by atoms with E-state index in [1.54, 1.807) is 12.0 Å². The van der Waals surface area contributed by atoms with Crippen molar-refractivity contribution in [2.24, 2.45) is 0 Å². The van der Waals surface area contributed by atoms with Crippen LogP contribution in [0.4, 0.5) is 0 Å². The molecule has 0 atom stereocenters. The molecule has 2 heterocycles. The number of carbonyl (C=O) groups excluding carboxylic acids is 1. The second-order valence-electron chi connectivity index (χ2n) is 11.9. The van der Waals surface area contributed by atoms with Gasteiger partial charge in [-0.1, -0.05) is 146 Å². The topological polar surface area (TPSA) is 98.9 Å². The zero-order valence-electron chi connectivity index (χ0n) is 27.8. The molecule has 50 heavy (non-hydrogen) atoms. The predicted octanol–water partition coefficient (Wildman–Crippen LogP) is 7.99. The summed E-state index contributed by atoms with van der Waals surface area (Å²) in [7, 11) is 0. The van der Waals surface area contributed by atoms with Crippen LogP contribution in [0.15, 0.2) is 140 Å². The van der Waals surface area contributed by atoms with Gasteiger partial charge in [0.05, 0.1) is 24.0 Å². The van der Waals surface area contributed by atoms with Gasteiger partial charge in [-0.05, 0) is 57.2 Å². The summed E-state index contributed by atoms with van der Waals surface area (Å²) in [5, 5.41) is 15.4. The molecule has 248 valence electrons. The second kappa shape index (κ2) is 14.7. The van der Waals surface area contributed by atoms with E-state index in [0.29, 0.717) is 24.6 Å². The minimum absolute atomic E-state index is 0.251. The Morgan fingerprint density at radius 1 is 0.740 bits per heavy atom. The molecule has 7 rings (SSSR count). The van der Waals surface area contributed by atoms with Crippen LogP contribution in [-0.2, 0) is 16.9 Å². The maximum absolute atomic E-state index is 12.8. The van der Waals surface area contributed by atoms with Gasteiger partial charge in [0.1, 0.15) is 5.54 Å². The number of hydrogen-bond acceptors (Lipinski definition) is 9. The van der Waals surface area contributed by atoms with Crippen LogP contribution >= 0.6 is 11.7 Å². The summed E-state index contributed by atoms with van der Waals surface area (Å²) in [6, 6.07) is 47.6. The summed E-state index contributed by atoms with van der Waals surface area (Å²) in [6.07, 6.45) is 0.818. The Labute approximate surface area is 295 Å². The van der Waals surface area contributed by atoms with E-state index in [-0.39, 0.29) is 5.69 Å². The SMILES string of the molecule is CCCN(Cc1ccc(-c2ccccc2-c2nnnn2C(c2ccccc2)(c2ccccc2)c2ccccc2)cc1)OC(=O)c1nsnc1C. The molecule has 0 saturated carbocycles. The van der Waals surface area contributed by atoms with E-state index in [2.05, 4.69) is 128 Å². The first-order chi connectivity index (χ1) is 24.6. The predicted molar refractivity (Wildman–Crippen MR) is 194 cm³/mol. The third-order valence-corrected chi connectivity index (χ3v) is 9.30. The largest absolute Gasteiger partial charge is 0.378 e. The van der Waals surface area contributed by atoms with Crippen LogP contribution in [0.25, 0.3) is 22.5 Å². The van der Waals surface area contributed by atoms with E-state index in [0.717, 1.165) is 57.1 Å². The van der Waals surface area contributed by atoms with Crippen molar-refractivity contribution in [2.75, 3.05) is 6.54 Å². The Hall–Kier alpha value is -5.84. The Kier molecular flexibility index (Phi) is 9.63. The molecular weight excluding hydrogens is 643 g/mol. The molecule has 5 aromatic carbocycles. The second-order valence-corrected chi connectivity index (χ2v) is 12.4. The monoisotopic (exact) mass is 677 g/mol. The number of nitrogens with zero attached hydrogens (tertiary/aromatic N) is 7. The van der Waals surface area contributed by atoms with Gasteiger partial charge in [-0.2, -0.15) is 8.75 Å². The lowest BCUT2D eigenvalue weighted by Crippen LogP contribution is -2.39. The van der Waals surface area contributed by atoms with E-state index in [1.807, 2.05) is 41.9 Å². The number of tetrazole rings is 1. The highest BCUT2D eigenvalue weighted by Crippen LogP contribution is 2.43. The van der Waals surface area contributed by atoms with Crippen LogP contribution in [0, 0.1) is 6.92 Å². The van der Waals surface area contributed by atoms with Gasteiger partial charge in [-0.25, -0.2) is 9.48 Å². The average Bonchev–Trinajstić information content (AvgIpc) is 3.84. The highest BCUT2D eigenvalue weighted by atomic mass is 32.1. The standard InChI is InChI=1S/C40H35N7O2S/c1-3-27-46(49-39(48)37-29(2)42-50-43-37)28-30-23-25-31(26-24-30)35-21-13-14-22-36(35)38-41-44-45-47(38)40(32-15-7-4-8-16-32,33-17-9-5-10-18-33)34-19-11-6-12-20-34/h4-26H,3,27-28H2,1-2H3. The Bertz CT molecular complexity index is 2070. The molecule has 0 aliphatic rings. The summed E-state index contributed by atoms with van der Waals surface area (Å²) in [4.78, 5) is 18.5. The van der Waals surface area contributed by atoms with Crippen molar-refractivity contribution in [3.8, 4) is 22.5 Å². The molecular formula is C40H35N7O2S. The van der Waals surface area contributed by atoms with Gasteiger partial charge in [0, 0.05) is 12.1 Å². The van der Waals surface area contributed by atoms with Gasteiger partial charge in [-0.15, -0.1) is 10.2 Å². The van der Waals surface area contributed by atoms with Crippen LogP contribution in [0.2, 0.25) is 0 Å². The fourth-order valence-corrected chi connectivity index (χ4v) is 6.93. The zero-order chi connectivity index (χ0) is 34.3. The van der Waals surface area contributed by atoms with Gasteiger partial charge < -0.3 is 4.84 Å². The molecule has 0 fully saturated rings. The van der Waals surface area contributed by atoms with Crippen molar-refractivity contribution >= 4 is 17.7 Å². The molecule has 0 aliphatic heterocycles. The summed E-state index contributed by atoms with van der Waals surface area (Å²) in [5.41, 5.74) is 6.94. The minimum Gasteiger partial charge on any atom is -0.362 e. The normalized spacial score (nSPS) is 11.5. The van der Waals surface area contributed by atoms with E-state index >= 15 is 0 Å². The van der Waals surface area contributed by atoms with Crippen molar-refractivity contribution in [1.29, 1.82) is 0 Å². The Balaban J connectivity index is 1.28. The van der Waals surface area contributed by atoms with E-state index in [9.17, 15) is 4.79 Å². The molecule has 0 aliphatic carbocycles. The van der Waals surface area contributed by atoms with Crippen molar-refractivity contribution in [1.82, 2.24) is 34.0 Å². The molecule has 0 unspecified atom stereocenters. The summed E-state index contributed by atoms with van der Waals surface area (Å²) in [5.74, 6) is 0.139. The fourth-order valence-electron chi connectivity index (χ4n) is 6.39. The Morgan fingerprint density at radius 3 is 1.84 bits per heavy atom. The van der Waals surface area contributed by atoms with E-state index < -0.39 is 11.5 Å². The number of benzene rings is 5. The summed E-state index contributed by atoms with van der Waals surface area (Å²) >= 11 is 1.00. The molecule has 7 aromatic rings. The maximum Gasteiger partial charge on any atom is 0.378 e. The van der Waals surface area contributed by atoms with Gasteiger partial charge in [0.25, 0.3) is 0 Å². The molecule has 10 heteroatoms. The van der Waals surface area contributed by atoms with Crippen LogP contribution in [0.5, 0.6) is 0 Å².